The van der Waals surface area contributed by atoms with Gasteiger partial charge in [-0.25, -0.2) is 0 Å². The minimum absolute atomic E-state index is 0.749. The second-order valence-corrected chi connectivity index (χ2v) is 3.01. The van der Waals surface area contributed by atoms with Gasteiger partial charge in [0.05, 0.1) is 0 Å². The first-order valence-corrected chi connectivity index (χ1v) is 4.14. The number of hydrogen-bond donors (Lipinski definition) is 0. The second kappa shape index (κ2) is 3.60. The zero-order valence-electron chi connectivity index (χ0n) is 6.93. The summed E-state index contributed by atoms with van der Waals surface area (Å²) in [7, 11) is 0. The quantitative estimate of drug-likeness (QED) is 0.485. The molecule has 0 amide bonds. The normalized spacial score (nSPS) is 27.0. The average molecular weight is 136 g/mol. The van der Waals surface area contributed by atoms with Gasteiger partial charge < -0.3 is 0 Å². The van der Waals surface area contributed by atoms with E-state index in [1.165, 1.54) is 19.3 Å². The van der Waals surface area contributed by atoms with E-state index in [0.717, 1.165) is 5.92 Å². The molecule has 0 bridgehead atoms. The Balaban J connectivity index is 2.58. The molecule has 1 atom stereocenters. The van der Waals surface area contributed by atoms with Crippen LogP contribution in [0.3, 0.4) is 0 Å². The van der Waals surface area contributed by atoms with Crippen molar-refractivity contribution in [2.24, 2.45) is 5.92 Å². The third-order valence-corrected chi connectivity index (χ3v) is 2.20. The van der Waals surface area contributed by atoms with Crippen molar-refractivity contribution >= 4 is 0 Å². The van der Waals surface area contributed by atoms with Crippen LogP contribution >= 0.6 is 0 Å². The van der Waals surface area contributed by atoms with Crippen molar-refractivity contribution in [3.8, 4) is 0 Å². The van der Waals surface area contributed by atoms with Crippen molar-refractivity contribution < 1.29 is 0 Å². The first kappa shape index (κ1) is 7.59. The molecular formula is C10H16. The number of allylic oxidation sites excluding steroid dienone is 4. The fraction of sp³-hybridized carbons (Fsp3) is 0.600. The summed E-state index contributed by atoms with van der Waals surface area (Å²) < 4.78 is 0. The lowest BCUT2D eigenvalue weighted by molar-refractivity contribution is 0.597. The predicted molar refractivity (Wildman–Crippen MR) is 45.9 cm³/mol. The van der Waals surface area contributed by atoms with Gasteiger partial charge >= 0.3 is 0 Å². The molecule has 1 rings (SSSR count). The smallest absolute Gasteiger partial charge is 0.00261 e. The van der Waals surface area contributed by atoms with Crippen LogP contribution in [0.15, 0.2) is 23.8 Å². The van der Waals surface area contributed by atoms with Gasteiger partial charge in [-0.3, -0.25) is 0 Å². The van der Waals surface area contributed by atoms with Crippen LogP contribution in [-0.2, 0) is 0 Å². The lowest BCUT2D eigenvalue weighted by Crippen LogP contribution is -2.02. The van der Waals surface area contributed by atoms with Crippen LogP contribution in [0.2, 0.25) is 0 Å². The van der Waals surface area contributed by atoms with E-state index in [0.29, 0.717) is 0 Å². The maximum Gasteiger partial charge on any atom is -0.00261 e. The molecule has 0 fully saturated rings. The van der Waals surface area contributed by atoms with Crippen molar-refractivity contribution in [1.82, 2.24) is 0 Å². The molecule has 0 nitrogen and oxygen atoms in total. The van der Waals surface area contributed by atoms with Crippen LogP contribution in [0.1, 0.15) is 33.1 Å². The molecule has 0 saturated carbocycles. The maximum atomic E-state index is 2.37. The summed E-state index contributed by atoms with van der Waals surface area (Å²) in [6.07, 6.45) is 10.9. The van der Waals surface area contributed by atoms with Gasteiger partial charge in [0.15, 0.2) is 0 Å². The summed E-state index contributed by atoms with van der Waals surface area (Å²) >= 11 is 0. The molecule has 0 heteroatoms. The molecular weight excluding hydrogens is 120 g/mol. The lowest BCUT2D eigenvalue weighted by atomic mass is 9.88. The highest BCUT2D eigenvalue weighted by atomic mass is 14.1. The Bertz CT molecular complexity index is 151. The molecule has 1 aliphatic rings. The van der Waals surface area contributed by atoms with Crippen LogP contribution in [0, 0.1) is 5.92 Å². The Labute approximate surface area is 63.6 Å². The van der Waals surface area contributed by atoms with Crippen LogP contribution in [-0.4, -0.2) is 0 Å². The molecule has 0 aliphatic heterocycles. The molecule has 1 aliphatic carbocycles. The standard InChI is InChI=1S/C10H16/c1-3-6-10-8-5-4-7-9(10)2/h3,6-7,10H,4-5,8H2,1-2H3/b6-3-. The van der Waals surface area contributed by atoms with Gasteiger partial charge in [0.2, 0.25) is 0 Å². The Morgan fingerprint density at radius 2 is 2.40 bits per heavy atom. The molecule has 0 spiro atoms. The van der Waals surface area contributed by atoms with Gasteiger partial charge in [0.25, 0.3) is 0 Å². The van der Waals surface area contributed by atoms with E-state index in [4.69, 9.17) is 0 Å². The number of hydrogen-bond acceptors (Lipinski definition) is 0. The summed E-state index contributed by atoms with van der Waals surface area (Å²) in [6, 6.07) is 0. The third kappa shape index (κ3) is 1.73. The summed E-state index contributed by atoms with van der Waals surface area (Å²) in [6.45, 7) is 4.34. The Hall–Kier alpha value is -0.520. The molecule has 0 radical (unpaired) electrons. The topological polar surface area (TPSA) is 0 Å². The predicted octanol–water partition coefficient (Wildman–Crippen LogP) is 3.31. The van der Waals surface area contributed by atoms with Crippen molar-refractivity contribution in [3.63, 3.8) is 0 Å². The summed E-state index contributed by atoms with van der Waals surface area (Å²) in [5.41, 5.74) is 1.56. The van der Waals surface area contributed by atoms with Gasteiger partial charge in [0, 0.05) is 0 Å². The monoisotopic (exact) mass is 136 g/mol. The van der Waals surface area contributed by atoms with Gasteiger partial charge in [-0.05, 0) is 39.0 Å². The van der Waals surface area contributed by atoms with E-state index < -0.39 is 0 Å². The van der Waals surface area contributed by atoms with Crippen LogP contribution in [0.4, 0.5) is 0 Å². The van der Waals surface area contributed by atoms with E-state index in [1.807, 2.05) is 0 Å². The van der Waals surface area contributed by atoms with Crippen molar-refractivity contribution in [2.45, 2.75) is 33.1 Å². The fourth-order valence-corrected chi connectivity index (χ4v) is 1.53. The zero-order valence-corrected chi connectivity index (χ0v) is 6.93. The van der Waals surface area contributed by atoms with Gasteiger partial charge in [-0.1, -0.05) is 23.8 Å². The van der Waals surface area contributed by atoms with E-state index in [2.05, 4.69) is 32.1 Å². The Morgan fingerprint density at radius 3 is 3.00 bits per heavy atom. The van der Waals surface area contributed by atoms with E-state index in [1.54, 1.807) is 5.57 Å². The molecule has 0 N–H and O–H groups in total. The highest BCUT2D eigenvalue weighted by Crippen LogP contribution is 2.24. The van der Waals surface area contributed by atoms with Crippen LogP contribution < -0.4 is 0 Å². The molecule has 10 heavy (non-hydrogen) atoms. The summed E-state index contributed by atoms with van der Waals surface area (Å²) in [5, 5.41) is 0. The van der Waals surface area contributed by atoms with Crippen molar-refractivity contribution in [1.29, 1.82) is 0 Å². The third-order valence-electron chi connectivity index (χ3n) is 2.20. The molecule has 0 saturated heterocycles. The fourth-order valence-electron chi connectivity index (χ4n) is 1.53. The second-order valence-electron chi connectivity index (χ2n) is 3.01. The zero-order chi connectivity index (χ0) is 7.40. The van der Waals surface area contributed by atoms with Crippen LogP contribution in [0.25, 0.3) is 0 Å². The average Bonchev–Trinajstić information content (AvgIpc) is 1.94. The lowest BCUT2D eigenvalue weighted by Gasteiger charge is -2.17. The molecule has 0 aromatic carbocycles. The first-order chi connectivity index (χ1) is 4.84. The van der Waals surface area contributed by atoms with Crippen molar-refractivity contribution in [3.05, 3.63) is 23.8 Å². The minimum atomic E-state index is 0.749. The largest absolute Gasteiger partial charge is 0.0911 e. The maximum absolute atomic E-state index is 2.37. The minimum Gasteiger partial charge on any atom is -0.0911 e. The highest BCUT2D eigenvalue weighted by molar-refractivity contribution is 5.13. The molecule has 0 heterocycles. The molecule has 1 unspecified atom stereocenters. The molecule has 0 aromatic rings. The van der Waals surface area contributed by atoms with Gasteiger partial charge in [-0.2, -0.15) is 0 Å². The molecule has 0 aromatic heterocycles. The van der Waals surface area contributed by atoms with E-state index >= 15 is 0 Å². The SMILES string of the molecule is C/C=C\C1CCCC=C1C. The Morgan fingerprint density at radius 1 is 1.60 bits per heavy atom. The van der Waals surface area contributed by atoms with Gasteiger partial charge in [-0.15, -0.1) is 0 Å². The van der Waals surface area contributed by atoms with E-state index in [9.17, 15) is 0 Å². The highest BCUT2D eigenvalue weighted by Gasteiger charge is 2.09. The van der Waals surface area contributed by atoms with E-state index in [-0.39, 0.29) is 0 Å². The van der Waals surface area contributed by atoms with Crippen molar-refractivity contribution in [2.75, 3.05) is 0 Å². The first-order valence-electron chi connectivity index (χ1n) is 4.14. The van der Waals surface area contributed by atoms with Gasteiger partial charge in [0.1, 0.15) is 0 Å². The number of rotatable bonds is 1. The summed E-state index contributed by atoms with van der Waals surface area (Å²) in [5.74, 6) is 0.749. The van der Waals surface area contributed by atoms with Crippen LogP contribution in [0.5, 0.6) is 0 Å². The Kier molecular flexibility index (Phi) is 2.73. The molecule has 56 valence electrons. The summed E-state index contributed by atoms with van der Waals surface area (Å²) in [4.78, 5) is 0.